The molecular formula is C28H23ClN4O5. The van der Waals surface area contributed by atoms with Gasteiger partial charge in [0.15, 0.2) is 0 Å². The standard InChI is InChI=1S/C28H23ClN4O5/c1-5-18-19(7-6-8-20(18)29)25-23(14(2)30-15(3)24(25)28(37)38-4)27(36)31-17-11-9-16(10-12-17)26-21(34)13-22(35)32-33-26/h1,6-13,24-25H,2-4H3,(H,31,36)(H2,32,34,35). The largest absolute Gasteiger partial charge is 0.505 e. The number of rotatable bonds is 5. The van der Waals surface area contributed by atoms with Gasteiger partial charge < -0.3 is 15.2 Å². The molecule has 4 rings (SSSR count). The third-order valence-corrected chi connectivity index (χ3v) is 6.57. The highest BCUT2D eigenvalue weighted by Crippen LogP contribution is 2.42. The Kier molecular flexibility index (Phi) is 7.46. The molecule has 10 heteroatoms. The van der Waals surface area contributed by atoms with Gasteiger partial charge in [-0.1, -0.05) is 41.8 Å². The minimum Gasteiger partial charge on any atom is -0.505 e. The van der Waals surface area contributed by atoms with E-state index in [1.807, 2.05) is 0 Å². The summed E-state index contributed by atoms with van der Waals surface area (Å²) in [5.74, 6) is -0.438. The molecular weight excluding hydrogens is 508 g/mol. The molecule has 0 fully saturated rings. The SMILES string of the molecule is C#Cc1c(Cl)cccc1C1C(C(=O)Nc2ccc(-c3n[nH]c(=O)cc3O)cc2)=C(C)N=C(C)C1C(=O)OC. The second-order valence-corrected chi connectivity index (χ2v) is 8.98. The first-order chi connectivity index (χ1) is 18.2. The Morgan fingerprint density at radius 3 is 2.53 bits per heavy atom. The first-order valence-electron chi connectivity index (χ1n) is 11.5. The van der Waals surface area contributed by atoms with Crippen LogP contribution < -0.4 is 10.9 Å². The molecule has 3 N–H and O–H groups in total. The summed E-state index contributed by atoms with van der Waals surface area (Å²) < 4.78 is 5.06. The van der Waals surface area contributed by atoms with Crippen molar-refractivity contribution in [3.8, 4) is 29.4 Å². The lowest BCUT2D eigenvalue weighted by Gasteiger charge is -2.32. The van der Waals surface area contributed by atoms with Crippen molar-refractivity contribution in [1.82, 2.24) is 10.2 Å². The molecule has 0 aliphatic carbocycles. The number of nitrogens with one attached hydrogen (secondary N) is 2. The van der Waals surface area contributed by atoms with E-state index in [1.165, 1.54) is 7.11 Å². The van der Waals surface area contributed by atoms with Crippen LogP contribution in [-0.4, -0.2) is 40.0 Å². The summed E-state index contributed by atoms with van der Waals surface area (Å²) in [6, 6.07) is 12.6. The maximum Gasteiger partial charge on any atom is 0.315 e. The molecule has 2 atom stereocenters. The number of amides is 1. The fourth-order valence-electron chi connectivity index (χ4n) is 4.57. The molecule has 0 saturated carbocycles. The monoisotopic (exact) mass is 530 g/mol. The number of halogens is 1. The summed E-state index contributed by atoms with van der Waals surface area (Å²) in [6.07, 6.45) is 5.77. The number of nitrogens with zero attached hydrogens (tertiary/aromatic N) is 2. The quantitative estimate of drug-likeness (QED) is 0.337. The number of aromatic nitrogens is 2. The molecule has 9 nitrogen and oxygen atoms in total. The molecule has 2 aromatic carbocycles. The number of terminal acetylenes is 1. The summed E-state index contributed by atoms with van der Waals surface area (Å²) in [6.45, 7) is 3.39. The Balaban J connectivity index is 1.74. The second-order valence-electron chi connectivity index (χ2n) is 8.58. The lowest BCUT2D eigenvalue weighted by molar-refractivity contribution is -0.143. The van der Waals surface area contributed by atoms with Crippen molar-refractivity contribution in [1.29, 1.82) is 0 Å². The number of anilines is 1. The molecule has 1 aliphatic rings. The molecule has 0 radical (unpaired) electrons. The summed E-state index contributed by atoms with van der Waals surface area (Å²) in [4.78, 5) is 42.4. The Morgan fingerprint density at radius 2 is 1.89 bits per heavy atom. The zero-order valence-electron chi connectivity index (χ0n) is 20.7. The van der Waals surface area contributed by atoms with Gasteiger partial charge in [-0.3, -0.25) is 19.4 Å². The number of H-pyrrole nitrogens is 1. The van der Waals surface area contributed by atoms with Crippen LogP contribution in [0.1, 0.15) is 30.9 Å². The smallest absolute Gasteiger partial charge is 0.315 e. The van der Waals surface area contributed by atoms with E-state index in [9.17, 15) is 19.5 Å². The fraction of sp³-hybridized carbons (Fsp3) is 0.179. The number of aliphatic imine (C=N–C) groups is 1. The molecule has 1 aromatic heterocycles. The number of esters is 1. The lowest BCUT2D eigenvalue weighted by atomic mass is 9.74. The van der Waals surface area contributed by atoms with E-state index in [1.54, 1.807) is 56.3 Å². The summed E-state index contributed by atoms with van der Waals surface area (Å²) >= 11 is 6.38. The Bertz CT molecular complexity index is 1600. The first kappa shape index (κ1) is 26.4. The van der Waals surface area contributed by atoms with Crippen molar-refractivity contribution in [2.75, 3.05) is 12.4 Å². The maximum atomic E-state index is 13.7. The highest BCUT2D eigenvalue weighted by molar-refractivity contribution is 6.32. The van der Waals surface area contributed by atoms with Crippen molar-refractivity contribution >= 4 is 34.9 Å². The molecule has 2 heterocycles. The zero-order chi connectivity index (χ0) is 27.6. The molecule has 1 amide bonds. The van der Waals surface area contributed by atoms with E-state index in [-0.39, 0.29) is 17.0 Å². The van der Waals surface area contributed by atoms with Gasteiger partial charge in [0.1, 0.15) is 17.4 Å². The number of aromatic amines is 1. The van der Waals surface area contributed by atoms with E-state index >= 15 is 0 Å². The number of hydrogen-bond acceptors (Lipinski definition) is 7. The van der Waals surface area contributed by atoms with Crippen LogP contribution in [0.15, 0.2) is 69.6 Å². The average Bonchev–Trinajstić information content (AvgIpc) is 2.88. The normalized spacial score (nSPS) is 16.9. The van der Waals surface area contributed by atoms with Crippen LogP contribution in [0.4, 0.5) is 5.69 Å². The molecule has 0 saturated heterocycles. The molecule has 2 unspecified atom stereocenters. The first-order valence-corrected chi connectivity index (χ1v) is 11.8. The van der Waals surface area contributed by atoms with Crippen molar-refractivity contribution in [2.24, 2.45) is 10.9 Å². The summed E-state index contributed by atoms with van der Waals surface area (Å²) in [5.41, 5.74) is 2.66. The number of hydrogen-bond donors (Lipinski definition) is 3. The van der Waals surface area contributed by atoms with Crippen LogP contribution in [0.25, 0.3) is 11.3 Å². The second kappa shape index (κ2) is 10.7. The van der Waals surface area contributed by atoms with Crippen molar-refractivity contribution in [3.05, 3.63) is 86.3 Å². The van der Waals surface area contributed by atoms with Gasteiger partial charge in [0.2, 0.25) is 0 Å². The number of benzene rings is 2. The molecule has 0 spiro atoms. The van der Waals surface area contributed by atoms with Gasteiger partial charge in [-0.15, -0.1) is 6.42 Å². The molecule has 1 aliphatic heterocycles. The van der Waals surface area contributed by atoms with Gasteiger partial charge in [0.25, 0.3) is 11.5 Å². The number of carbonyl (C=O) groups excluding carboxylic acids is 2. The van der Waals surface area contributed by atoms with E-state index in [0.717, 1.165) is 6.07 Å². The van der Waals surface area contributed by atoms with Gasteiger partial charge in [0, 0.05) is 45.8 Å². The van der Waals surface area contributed by atoms with Gasteiger partial charge in [-0.25, -0.2) is 5.10 Å². The lowest BCUT2D eigenvalue weighted by Crippen LogP contribution is -2.37. The van der Waals surface area contributed by atoms with E-state index in [2.05, 4.69) is 26.4 Å². The van der Waals surface area contributed by atoms with Gasteiger partial charge in [0.05, 0.1) is 12.1 Å². The number of carbonyl (C=O) groups is 2. The minimum atomic E-state index is -0.897. The van der Waals surface area contributed by atoms with Crippen molar-refractivity contribution in [3.63, 3.8) is 0 Å². The predicted octanol–water partition coefficient (Wildman–Crippen LogP) is 4.04. The third-order valence-electron chi connectivity index (χ3n) is 6.26. The predicted molar refractivity (Wildman–Crippen MR) is 144 cm³/mol. The van der Waals surface area contributed by atoms with E-state index in [0.29, 0.717) is 38.8 Å². The fourth-order valence-corrected chi connectivity index (χ4v) is 4.81. The van der Waals surface area contributed by atoms with E-state index in [4.69, 9.17) is 22.8 Å². The highest BCUT2D eigenvalue weighted by atomic mass is 35.5. The average molecular weight is 531 g/mol. The Morgan fingerprint density at radius 1 is 1.18 bits per heavy atom. The number of aromatic hydroxyl groups is 1. The molecule has 3 aromatic rings. The molecule has 192 valence electrons. The van der Waals surface area contributed by atoms with Crippen molar-refractivity contribution in [2.45, 2.75) is 19.8 Å². The van der Waals surface area contributed by atoms with Gasteiger partial charge in [-0.2, -0.15) is 5.10 Å². The number of allylic oxidation sites excluding steroid dienone is 1. The van der Waals surface area contributed by atoms with Crippen LogP contribution in [0.2, 0.25) is 5.02 Å². The van der Waals surface area contributed by atoms with Crippen LogP contribution in [0.3, 0.4) is 0 Å². The molecule has 38 heavy (non-hydrogen) atoms. The van der Waals surface area contributed by atoms with Gasteiger partial charge in [-0.05, 0) is 37.6 Å². The van der Waals surface area contributed by atoms with Crippen LogP contribution in [0, 0.1) is 18.3 Å². The van der Waals surface area contributed by atoms with Gasteiger partial charge >= 0.3 is 5.97 Å². The maximum absolute atomic E-state index is 13.7. The van der Waals surface area contributed by atoms with E-state index < -0.39 is 29.3 Å². The minimum absolute atomic E-state index is 0.182. The zero-order valence-corrected chi connectivity index (χ0v) is 21.5. The topological polar surface area (TPSA) is 134 Å². The van der Waals surface area contributed by atoms with Crippen LogP contribution in [0.5, 0.6) is 5.75 Å². The third kappa shape index (κ3) is 4.94. The van der Waals surface area contributed by atoms with Crippen LogP contribution >= 0.6 is 11.6 Å². The Hall–Kier alpha value is -4.68. The Labute approximate surface area is 223 Å². The van der Waals surface area contributed by atoms with Crippen LogP contribution in [-0.2, 0) is 14.3 Å². The van der Waals surface area contributed by atoms with Crippen molar-refractivity contribution < 1.29 is 19.4 Å². The summed E-state index contributed by atoms with van der Waals surface area (Å²) in [7, 11) is 1.27. The molecule has 0 bridgehead atoms. The highest BCUT2D eigenvalue weighted by Gasteiger charge is 2.42. The number of ether oxygens (including phenoxy) is 1. The number of methoxy groups -OCH3 is 1. The summed E-state index contributed by atoms with van der Waals surface area (Å²) in [5, 5.41) is 19.3.